The predicted octanol–water partition coefficient (Wildman–Crippen LogP) is 14.1. The average Bonchev–Trinajstić information content (AvgIpc) is 3.23. The van der Waals surface area contributed by atoms with E-state index in [1.165, 1.54) is 128 Å². The average molecular weight is 903 g/mol. The molecule has 0 N–H and O–H groups in total. The summed E-state index contributed by atoms with van der Waals surface area (Å²) in [5, 5.41) is 0. The summed E-state index contributed by atoms with van der Waals surface area (Å²) in [6, 6.07) is 27.6. The van der Waals surface area contributed by atoms with Crippen molar-refractivity contribution in [2.24, 2.45) is 0 Å². The van der Waals surface area contributed by atoms with Gasteiger partial charge in [0.15, 0.2) is 0 Å². The SMILES string of the molecule is CCCCCCCCCCCCCc1ccc(Oc2ccccc2)c(S(=O)(=O)[O-])c1.CCCCCCCCCCCCCc1ccc(Oc2ccccc2)c(S(=O)(=O)[O-])c1.[Ca+2]. The smallest absolute Gasteiger partial charge is 0.744 e. The number of rotatable bonds is 30. The molecule has 0 aromatic heterocycles. The van der Waals surface area contributed by atoms with Crippen LogP contribution in [0.25, 0.3) is 0 Å². The molecule has 0 saturated carbocycles. The molecule has 0 aliphatic heterocycles. The van der Waals surface area contributed by atoms with Crippen LogP contribution in [0.15, 0.2) is 107 Å². The van der Waals surface area contributed by atoms with Crippen molar-refractivity contribution in [2.75, 3.05) is 0 Å². The van der Waals surface area contributed by atoms with Gasteiger partial charge >= 0.3 is 37.7 Å². The Morgan fingerprint density at radius 1 is 0.393 bits per heavy atom. The molecular weight excluding hydrogens is 833 g/mol. The zero-order chi connectivity index (χ0) is 43.3. The molecule has 4 aromatic rings. The Hall–Kier alpha value is -2.44. The van der Waals surface area contributed by atoms with E-state index in [-0.39, 0.29) is 59.0 Å². The first kappa shape index (κ1) is 54.7. The van der Waals surface area contributed by atoms with Gasteiger partial charge in [-0.25, -0.2) is 16.8 Å². The summed E-state index contributed by atoms with van der Waals surface area (Å²) in [5.41, 5.74) is 1.72. The Kier molecular flexibility index (Phi) is 28.9. The molecule has 4 rings (SSSR count). The Morgan fingerprint density at radius 2 is 0.672 bits per heavy atom. The molecule has 0 aliphatic rings. The molecule has 4 aromatic carbocycles. The van der Waals surface area contributed by atoms with Gasteiger partial charge in [0.2, 0.25) is 0 Å². The van der Waals surface area contributed by atoms with Crippen molar-refractivity contribution in [2.45, 2.75) is 178 Å². The minimum Gasteiger partial charge on any atom is -0.744 e. The summed E-state index contributed by atoms with van der Waals surface area (Å²) in [7, 11) is -9.21. The minimum atomic E-state index is -4.61. The molecule has 0 spiro atoms. The summed E-state index contributed by atoms with van der Waals surface area (Å²) < 4.78 is 81.6. The molecule has 0 bridgehead atoms. The van der Waals surface area contributed by atoms with E-state index >= 15 is 0 Å². The molecule has 332 valence electrons. The van der Waals surface area contributed by atoms with Crippen LogP contribution in [-0.2, 0) is 33.1 Å². The maximum absolute atomic E-state index is 11.7. The van der Waals surface area contributed by atoms with Crippen LogP contribution in [0.2, 0.25) is 0 Å². The van der Waals surface area contributed by atoms with Crippen LogP contribution in [-0.4, -0.2) is 63.7 Å². The fraction of sp³-hybridized carbons (Fsp3) is 0.520. The van der Waals surface area contributed by atoms with Gasteiger partial charge in [-0.2, -0.15) is 0 Å². The Morgan fingerprint density at radius 3 is 0.951 bits per heavy atom. The molecule has 0 unspecified atom stereocenters. The van der Waals surface area contributed by atoms with Crippen LogP contribution in [0.4, 0.5) is 0 Å². The zero-order valence-electron chi connectivity index (χ0n) is 37.0. The second kappa shape index (κ2) is 32.3. The maximum atomic E-state index is 11.7. The summed E-state index contributed by atoms with van der Waals surface area (Å²) in [5.74, 6) is 1.17. The standard InChI is InChI=1S/2C25H36O4S.Ca/c2*1-2-3-4-5-6-7-8-9-10-11-13-16-22-19-20-24(25(21-22)30(26,27)28)29-23-17-14-12-15-18-23;/h2*12,14-15,17-21H,2-11,13,16H2,1H3,(H,26,27,28);/q;;+2/p-2. The Balaban J connectivity index is 0.000000413. The number of benzene rings is 4. The molecule has 11 heteroatoms. The topological polar surface area (TPSA) is 133 Å². The third-order valence-corrected chi connectivity index (χ3v) is 12.4. The van der Waals surface area contributed by atoms with E-state index in [0.717, 1.165) is 49.7 Å². The van der Waals surface area contributed by atoms with Crippen LogP contribution in [0, 0.1) is 0 Å². The van der Waals surface area contributed by atoms with E-state index in [2.05, 4.69) is 13.8 Å². The van der Waals surface area contributed by atoms with Crippen molar-refractivity contribution in [3.8, 4) is 23.0 Å². The number of aryl methyl sites for hydroxylation is 2. The monoisotopic (exact) mass is 902 g/mol. The largest absolute Gasteiger partial charge is 2.00 e. The van der Waals surface area contributed by atoms with Gasteiger partial charge in [-0.3, -0.25) is 0 Å². The van der Waals surface area contributed by atoms with Gasteiger partial charge < -0.3 is 18.6 Å². The number of para-hydroxylation sites is 2. The van der Waals surface area contributed by atoms with Crippen molar-refractivity contribution in [3.05, 3.63) is 108 Å². The van der Waals surface area contributed by atoms with Gasteiger partial charge in [-0.15, -0.1) is 0 Å². The Bertz CT molecular complexity index is 1810. The second-order valence-corrected chi connectivity index (χ2v) is 18.6. The molecular formula is C50H70CaO8S2. The molecule has 0 fully saturated rings. The van der Waals surface area contributed by atoms with Crippen molar-refractivity contribution in [1.29, 1.82) is 0 Å². The molecule has 8 nitrogen and oxygen atoms in total. The fourth-order valence-electron chi connectivity index (χ4n) is 7.19. The fourth-order valence-corrected chi connectivity index (χ4v) is 8.50. The van der Waals surface area contributed by atoms with Crippen LogP contribution in [0.1, 0.15) is 166 Å². The van der Waals surface area contributed by atoms with Crippen LogP contribution in [0.5, 0.6) is 23.0 Å². The Labute approximate surface area is 399 Å². The predicted molar refractivity (Wildman–Crippen MR) is 248 cm³/mol. The molecule has 0 aliphatic carbocycles. The van der Waals surface area contributed by atoms with E-state index in [1.807, 2.05) is 24.3 Å². The summed E-state index contributed by atoms with van der Waals surface area (Å²) in [4.78, 5) is -0.571. The van der Waals surface area contributed by atoms with Crippen LogP contribution >= 0.6 is 0 Å². The number of unbranched alkanes of at least 4 members (excludes halogenated alkanes) is 20. The van der Waals surface area contributed by atoms with Gasteiger partial charge in [0.25, 0.3) is 0 Å². The molecule has 0 radical (unpaired) electrons. The first-order chi connectivity index (χ1) is 29.0. The molecule has 0 atom stereocenters. The third kappa shape index (κ3) is 24.3. The molecule has 61 heavy (non-hydrogen) atoms. The van der Waals surface area contributed by atoms with Gasteiger partial charge in [0.1, 0.15) is 43.2 Å². The van der Waals surface area contributed by atoms with E-state index in [1.54, 1.807) is 60.7 Å². The summed E-state index contributed by atoms with van der Waals surface area (Å²) >= 11 is 0. The molecule has 0 saturated heterocycles. The summed E-state index contributed by atoms with van der Waals surface area (Å²) in [6.45, 7) is 4.49. The van der Waals surface area contributed by atoms with Crippen LogP contribution in [0.3, 0.4) is 0 Å². The van der Waals surface area contributed by atoms with E-state index in [4.69, 9.17) is 9.47 Å². The molecule has 0 heterocycles. The van der Waals surface area contributed by atoms with E-state index in [9.17, 15) is 25.9 Å². The number of hydrogen-bond donors (Lipinski definition) is 0. The van der Waals surface area contributed by atoms with Gasteiger partial charge in [0.05, 0.1) is 9.79 Å². The van der Waals surface area contributed by atoms with Crippen molar-refractivity contribution in [1.82, 2.24) is 0 Å². The van der Waals surface area contributed by atoms with Gasteiger partial charge in [-0.05, 0) is 85.3 Å². The van der Waals surface area contributed by atoms with Gasteiger partial charge in [-0.1, -0.05) is 191 Å². The number of ether oxygens (including phenoxy) is 2. The normalized spacial score (nSPS) is 11.3. The van der Waals surface area contributed by atoms with Crippen molar-refractivity contribution >= 4 is 58.0 Å². The maximum Gasteiger partial charge on any atom is 2.00 e. The molecule has 0 amide bonds. The first-order valence-corrected chi connectivity index (χ1v) is 25.5. The van der Waals surface area contributed by atoms with Crippen LogP contribution < -0.4 is 9.47 Å². The van der Waals surface area contributed by atoms with E-state index < -0.39 is 20.2 Å². The van der Waals surface area contributed by atoms with Crippen molar-refractivity contribution in [3.63, 3.8) is 0 Å². The second-order valence-electron chi connectivity index (χ2n) is 15.9. The summed E-state index contributed by atoms with van der Waals surface area (Å²) in [6.07, 6.45) is 29.4. The van der Waals surface area contributed by atoms with Gasteiger partial charge in [0, 0.05) is 0 Å². The zero-order valence-corrected chi connectivity index (χ0v) is 40.8. The first-order valence-electron chi connectivity index (χ1n) is 22.6. The number of hydrogen-bond acceptors (Lipinski definition) is 8. The minimum absolute atomic E-state index is 0. The quantitative estimate of drug-likeness (QED) is 0.0287. The van der Waals surface area contributed by atoms with Crippen molar-refractivity contribution < 1.29 is 35.4 Å². The third-order valence-electron chi connectivity index (χ3n) is 10.6. The van der Waals surface area contributed by atoms with E-state index in [0.29, 0.717) is 11.5 Å².